The van der Waals surface area contributed by atoms with Gasteiger partial charge in [-0.25, -0.2) is 0 Å². The third-order valence-electron chi connectivity index (χ3n) is 3.25. The normalized spacial score (nSPS) is 10.7. The Morgan fingerprint density at radius 1 is 1.09 bits per heavy atom. The Balaban J connectivity index is 2.17. The number of carbonyl (C=O) groups excluding carboxylic acids is 2. The Bertz CT molecular complexity index is 750. The summed E-state index contributed by atoms with van der Waals surface area (Å²) in [5, 5.41) is 5.64. The molecule has 0 atom stereocenters. The number of nitrogens with one attached hydrogen (secondary N) is 2. The summed E-state index contributed by atoms with van der Waals surface area (Å²) in [6.45, 7) is 7.45. The van der Waals surface area contributed by atoms with Crippen molar-refractivity contribution in [2.24, 2.45) is 0 Å². The topological polar surface area (TPSA) is 71.3 Å². The SMILES string of the molecule is Cc1cc(C(=O)NC(C)C)ccc1NC(=O)c1oc(Br)cc1C. The van der Waals surface area contributed by atoms with Gasteiger partial charge in [-0.15, -0.1) is 0 Å². The van der Waals surface area contributed by atoms with Crippen molar-refractivity contribution < 1.29 is 14.0 Å². The van der Waals surface area contributed by atoms with E-state index in [0.717, 1.165) is 11.1 Å². The first-order valence-electron chi connectivity index (χ1n) is 7.26. The van der Waals surface area contributed by atoms with Crippen molar-refractivity contribution >= 4 is 33.4 Å². The minimum atomic E-state index is -0.323. The summed E-state index contributed by atoms with van der Waals surface area (Å²) < 4.78 is 5.85. The van der Waals surface area contributed by atoms with Crippen LogP contribution in [-0.4, -0.2) is 17.9 Å². The van der Waals surface area contributed by atoms with Gasteiger partial charge in [-0.2, -0.15) is 0 Å². The van der Waals surface area contributed by atoms with Gasteiger partial charge in [0.15, 0.2) is 10.4 Å². The summed E-state index contributed by atoms with van der Waals surface area (Å²) in [4.78, 5) is 24.3. The molecule has 1 heterocycles. The van der Waals surface area contributed by atoms with Crippen LogP contribution in [0, 0.1) is 13.8 Å². The van der Waals surface area contributed by atoms with Crippen LogP contribution in [0.3, 0.4) is 0 Å². The lowest BCUT2D eigenvalue weighted by molar-refractivity contribution is 0.0942. The molecule has 6 heteroatoms. The van der Waals surface area contributed by atoms with E-state index in [1.54, 1.807) is 31.2 Å². The summed E-state index contributed by atoms with van der Waals surface area (Å²) in [5.74, 6) is -0.194. The van der Waals surface area contributed by atoms with Crippen molar-refractivity contribution in [3.8, 4) is 0 Å². The number of hydrogen-bond acceptors (Lipinski definition) is 3. The zero-order valence-corrected chi connectivity index (χ0v) is 15.1. The van der Waals surface area contributed by atoms with E-state index in [0.29, 0.717) is 15.9 Å². The number of carbonyl (C=O) groups is 2. The van der Waals surface area contributed by atoms with Crippen molar-refractivity contribution in [2.45, 2.75) is 33.7 Å². The monoisotopic (exact) mass is 378 g/mol. The van der Waals surface area contributed by atoms with E-state index in [1.165, 1.54) is 0 Å². The number of aryl methyl sites for hydroxylation is 2. The summed E-state index contributed by atoms with van der Waals surface area (Å²) in [5.41, 5.74) is 2.76. The Labute approximate surface area is 143 Å². The Kier molecular flexibility index (Phi) is 5.26. The molecule has 122 valence electrons. The van der Waals surface area contributed by atoms with Crippen LogP contribution < -0.4 is 10.6 Å². The van der Waals surface area contributed by atoms with Crippen LogP contribution in [0.5, 0.6) is 0 Å². The highest BCUT2D eigenvalue weighted by Gasteiger charge is 2.16. The molecule has 0 bridgehead atoms. The van der Waals surface area contributed by atoms with Crippen molar-refractivity contribution in [3.63, 3.8) is 0 Å². The molecular weight excluding hydrogens is 360 g/mol. The van der Waals surface area contributed by atoms with Gasteiger partial charge in [0, 0.05) is 22.9 Å². The fourth-order valence-corrected chi connectivity index (χ4v) is 2.64. The van der Waals surface area contributed by atoms with Gasteiger partial charge in [-0.1, -0.05) is 0 Å². The van der Waals surface area contributed by atoms with Crippen LogP contribution in [0.2, 0.25) is 0 Å². The van der Waals surface area contributed by atoms with E-state index in [2.05, 4.69) is 26.6 Å². The number of halogens is 1. The summed E-state index contributed by atoms with van der Waals surface area (Å²) in [7, 11) is 0. The van der Waals surface area contributed by atoms with Crippen LogP contribution in [0.15, 0.2) is 33.4 Å². The number of rotatable bonds is 4. The van der Waals surface area contributed by atoms with Gasteiger partial charge in [0.2, 0.25) is 0 Å². The molecule has 2 N–H and O–H groups in total. The first-order chi connectivity index (χ1) is 10.8. The van der Waals surface area contributed by atoms with Crippen LogP contribution in [0.25, 0.3) is 0 Å². The molecule has 0 saturated heterocycles. The fraction of sp³-hybridized carbons (Fsp3) is 0.294. The highest BCUT2D eigenvalue weighted by atomic mass is 79.9. The number of hydrogen-bond donors (Lipinski definition) is 2. The van der Waals surface area contributed by atoms with Gasteiger partial charge < -0.3 is 15.1 Å². The van der Waals surface area contributed by atoms with Gasteiger partial charge in [0.05, 0.1) is 0 Å². The maximum atomic E-state index is 12.3. The average Bonchev–Trinajstić information content (AvgIpc) is 2.79. The first-order valence-corrected chi connectivity index (χ1v) is 8.06. The van der Waals surface area contributed by atoms with Crippen molar-refractivity contribution in [1.29, 1.82) is 0 Å². The van der Waals surface area contributed by atoms with E-state index in [9.17, 15) is 9.59 Å². The van der Waals surface area contributed by atoms with Crippen LogP contribution >= 0.6 is 15.9 Å². The Hall–Kier alpha value is -2.08. The smallest absolute Gasteiger partial charge is 0.291 e. The highest BCUT2D eigenvalue weighted by molar-refractivity contribution is 9.10. The van der Waals surface area contributed by atoms with Crippen molar-refractivity contribution in [2.75, 3.05) is 5.32 Å². The van der Waals surface area contributed by atoms with E-state index >= 15 is 0 Å². The van der Waals surface area contributed by atoms with Crippen LogP contribution in [0.1, 0.15) is 45.9 Å². The summed E-state index contributed by atoms with van der Waals surface area (Å²) >= 11 is 3.21. The van der Waals surface area contributed by atoms with Crippen LogP contribution in [-0.2, 0) is 0 Å². The number of furan rings is 1. The lowest BCUT2D eigenvalue weighted by Gasteiger charge is -2.11. The molecule has 0 aliphatic rings. The first kappa shape index (κ1) is 17.3. The van der Waals surface area contributed by atoms with Crippen molar-refractivity contribution in [1.82, 2.24) is 5.32 Å². The fourth-order valence-electron chi connectivity index (χ4n) is 2.14. The van der Waals surface area contributed by atoms with E-state index in [1.807, 2.05) is 20.8 Å². The molecule has 1 aromatic carbocycles. The van der Waals surface area contributed by atoms with Gasteiger partial charge in [0.1, 0.15) is 0 Å². The van der Waals surface area contributed by atoms with E-state index in [4.69, 9.17) is 4.42 Å². The molecule has 2 amide bonds. The molecule has 1 aromatic heterocycles. The molecule has 5 nitrogen and oxygen atoms in total. The predicted octanol–water partition coefficient (Wildman–Crippen LogP) is 4.05. The highest BCUT2D eigenvalue weighted by Crippen LogP contribution is 2.22. The number of anilines is 1. The largest absolute Gasteiger partial charge is 0.444 e. The standard InChI is InChI=1S/C17H19BrN2O3/c1-9(2)19-16(21)12-5-6-13(10(3)7-12)20-17(22)15-11(4)8-14(18)23-15/h5-9H,1-4H3,(H,19,21)(H,20,22). The number of amides is 2. The Morgan fingerprint density at radius 3 is 2.30 bits per heavy atom. The lowest BCUT2D eigenvalue weighted by atomic mass is 10.1. The zero-order chi connectivity index (χ0) is 17.1. The Morgan fingerprint density at radius 2 is 1.78 bits per heavy atom. The quantitative estimate of drug-likeness (QED) is 0.842. The second-order valence-corrected chi connectivity index (χ2v) is 6.46. The molecule has 0 fully saturated rings. The molecule has 0 radical (unpaired) electrons. The molecular formula is C17H19BrN2O3. The maximum absolute atomic E-state index is 12.3. The molecule has 0 spiro atoms. The van der Waals surface area contributed by atoms with Gasteiger partial charge in [-0.3, -0.25) is 9.59 Å². The molecule has 0 aliphatic heterocycles. The van der Waals surface area contributed by atoms with Gasteiger partial charge in [0.25, 0.3) is 11.8 Å². The summed E-state index contributed by atoms with van der Waals surface area (Å²) in [6, 6.07) is 6.96. The maximum Gasteiger partial charge on any atom is 0.291 e. The van der Waals surface area contributed by atoms with Gasteiger partial charge >= 0.3 is 0 Å². The van der Waals surface area contributed by atoms with Crippen molar-refractivity contribution in [3.05, 3.63) is 51.4 Å². The lowest BCUT2D eigenvalue weighted by Crippen LogP contribution is -2.30. The second-order valence-electron chi connectivity index (χ2n) is 5.67. The second kappa shape index (κ2) is 7.00. The third-order valence-corrected chi connectivity index (χ3v) is 3.64. The molecule has 2 rings (SSSR count). The molecule has 0 unspecified atom stereocenters. The summed E-state index contributed by atoms with van der Waals surface area (Å²) in [6.07, 6.45) is 0. The van der Waals surface area contributed by atoms with E-state index < -0.39 is 0 Å². The third kappa shape index (κ3) is 4.22. The van der Waals surface area contributed by atoms with Gasteiger partial charge in [-0.05, 0) is 73.5 Å². The van der Waals surface area contributed by atoms with E-state index in [-0.39, 0.29) is 23.6 Å². The number of benzene rings is 1. The minimum absolute atomic E-state index is 0.0718. The zero-order valence-electron chi connectivity index (χ0n) is 13.5. The molecule has 0 saturated carbocycles. The van der Waals surface area contributed by atoms with Crippen LogP contribution in [0.4, 0.5) is 5.69 Å². The predicted molar refractivity (Wildman–Crippen MR) is 92.9 cm³/mol. The average molecular weight is 379 g/mol. The molecule has 0 aliphatic carbocycles. The molecule has 23 heavy (non-hydrogen) atoms. The molecule has 2 aromatic rings. The minimum Gasteiger partial charge on any atom is -0.444 e.